The van der Waals surface area contributed by atoms with Crippen LogP contribution >= 0.6 is 11.6 Å². The van der Waals surface area contributed by atoms with Crippen molar-refractivity contribution in [2.45, 2.75) is 38.9 Å². The van der Waals surface area contributed by atoms with Gasteiger partial charge in [-0.3, -0.25) is 0 Å². The van der Waals surface area contributed by atoms with Crippen LogP contribution in [0.4, 0.5) is 10.1 Å². The summed E-state index contributed by atoms with van der Waals surface area (Å²) in [7, 11) is -1.12. The minimum Gasteiger partial charge on any atom is -0.398 e. The molecule has 3 rings (SSSR count). The quantitative estimate of drug-likeness (QED) is 0.588. The Morgan fingerprint density at radius 3 is 2.15 bits per heavy atom. The fourth-order valence-electron chi connectivity index (χ4n) is 2.84. The zero-order chi connectivity index (χ0) is 19.1. The molecule has 0 aliphatic carbocycles. The molecule has 2 aromatic rings. The molecule has 2 N–H and O–H groups in total. The molecular weight excluding hydrogens is 351 g/mol. The van der Waals surface area contributed by atoms with Gasteiger partial charge in [-0.2, -0.15) is 0 Å². The Kier molecular flexibility index (Phi) is 4.91. The zero-order valence-corrected chi connectivity index (χ0v) is 16.1. The van der Waals surface area contributed by atoms with Crippen LogP contribution in [0, 0.1) is 0 Å². The van der Waals surface area contributed by atoms with Gasteiger partial charge in [-0.05, 0) is 51.5 Å². The molecule has 0 amide bonds. The highest BCUT2D eigenvalue weighted by atomic mass is 35.5. The van der Waals surface area contributed by atoms with Gasteiger partial charge in [-0.1, -0.05) is 41.9 Å². The number of nitrogens with two attached hydrogens (primary N) is 1. The van der Waals surface area contributed by atoms with Crippen molar-refractivity contribution in [2.75, 3.05) is 5.73 Å². The predicted molar refractivity (Wildman–Crippen MR) is 106 cm³/mol. The normalized spacial score (nSPS) is 19.4. The summed E-state index contributed by atoms with van der Waals surface area (Å²) < 4.78 is 27.5. The Morgan fingerprint density at radius 2 is 1.58 bits per heavy atom. The van der Waals surface area contributed by atoms with E-state index < -0.39 is 24.0 Å². The smallest absolute Gasteiger partial charge is 0.398 e. The van der Waals surface area contributed by atoms with Gasteiger partial charge in [-0.25, -0.2) is 4.39 Å². The van der Waals surface area contributed by atoms with Gasteiger partial charge in [0, 0.05) is 21.8 Å². The summed E-state index contributed by atoms with van der Waals surface area (Å²) in [4.78, 5) is 0. The van der Waals surface area contributed by atoms with Crippen molar-refractivity contribution in [3.05, 3.63) is 70.4 Å². The standard InChI is InChI=1S/C20H22BClFNO2/c1-19(2)20(3,4)26-21(25-19)18(23)17(13-8-6-5-7-9-13)15-12-14(22)10-11-16(15)24/h5-12H,24H2,1-4H3. The van der Waals surface area contributed by atoms with Crippen molar-refractivity contribution in [3.63, 3.8) is 0 Å². The van der Waals surface area contributed by atoms with Crippen molar-refractivity contribution in [2.24, 2.45) is 0 Å². The van der Waals surface area contributed by atoms with Gasteiger partial charge >= 0.3 is 7.12 Å². The lowest BCUT2D eigenvalue weighted by Crippen LogP contribution is -2.41. The second-order valence-corrected chi connectivity index (χ2v) is 7.85. The summed E-state index contributed by atoms with van der Waals surface area (Å²) in [5.41, 5.74) is 6.26. The van der Waals surface area contributed by atoms with Gasteiger partial charge in [-0.15, -0.1) is 0 Å². The Hall–Kier alpha value is -1.82. The Balaban J connectivity index is 2.18. The molecule has 0 saturated carbocycles. The lowest BCUT2D eigenvalue weighted by molar-refractivity contribution is 0.00578. The van der Waals surface area contributed by atoms with Crippen LogP contribution in [0.3, 0.4) is 0 Å². The average molecular weight is 374 g/mol. The summed E-state index contributed by atoms with van der Waals surface area (Å²) in [5, 5.41) is 0.476. The molecule has 1 saturated heterocycles. The van der Waals surface area contributed by atoms with Crippen molar-refractivity contribution in [1.29, 1.82) is 0 Å². The Morgan fingerprint density at radius 1 is 1.00 bits per heavy atom. The van der Waals surface area contributed by atoms with Crippen molar-refractivity contribution in [1.82, 2.24) is 0 Å². The van der Waals surface area contributed by atoms with E-state index in [9.17, 15) is 0 Å². The number of benzene rings is 2. The molecule has 1 heterocycles. The van der Waals surface area contributed by atoms with Crippen molar-refractivity contribution in [3.8, 4) is 0 Å². The van der Waals surface area contributed by atoms with E-state index in [0.717, 1.165) is 0 Å². The second-order valence-electron chi connectivity index (χ2n) is 7.41. The fourth-order valence-corrected chi connectivity index (χ4v) is 3.01. The molecule has 3 nitrogen and oxygen atoms in total. The molecule has 1 fully saturated rings. The molecule has 6 heteroatoms. The van der Waals surface area contributed by atoms with Gasteiger partial charge in [0.1, 0.15) is 5.73 Å². The number of hydrogen-bond donors (Lipinski definition) is 1. The zero-order valence-electron chi connectivity index (χ0n) is 15.3. The van der Waals surface area contributed by atoms with Crippen LogP contribution in [0.5, 0.6) is 0 Å². The second kappa shape index (κ2) is 6.73. The molecule has 26 heavy (non-hydrogen) atoms. The number of halogens is 2. The van der Waals surface area contributed by atoms with Crippen LogP contribution in [-0.2, 0) is 9.31 Å². The Bertz CT molecular complexity index is 836. The highest BCUT2D eigenvalue weighted by Gasteiger charge is 2.53. The highest BCUT2D eigenvalue weighted by Crippen LogP contribution is 2.42. The first kappa shape index (κ1) is 19.0. The molecule has 2 aromatic carbocycles. The maximum absolute atomic E-state index is 15.7. The van der Waals surface area contributed by atoms with E-state index in [-0.39, 0.29) is 0 Å². The fraction of sp³-hybridized carbons (Fsp3) is 0.300. The van der Waals surface area contributed by atoms with Crippen LogP contribution in [-0.4, -0.2) is 18.3 Å². The molecule has 0 bridgehead atoms. The highest BCUT2D eigenvalue weighted by molar-refractivity contribution is 6.55. The third kappa shape index (κ3) is 3.39. The Labute approximate surface area is 159 Å². The molecule has 0 atom stereocenters. The van der Waals surface area contributed by atoms with Gasteiger partial charge in [0.2, 0.25) is 0 Å². The summed E-state index contributed by atoms with van der Waals surface area (Å²) in [6, 6.07) is 14.2. The van der Waals surface area contributed by atoms with Gasteiger partial charge in [0.25, 0.3) is 0 Å². The molecule has 0 unspecified atom stereocenters. The van der Waals surface area contributed by atoms with Crippen LogP contribution in [0.25, 0.3) is 5.57 Å². The molecule has 0 aromatic heterocycles. The lowest BCUT2D eigenvalue weighted by atomic mass is 9.80. The third-order valence-corrected chi connectivity index (χ3v) is 5.28. The number of anilines is 1. The van der Waals surface area contributed by atoms with Crippen LogP contribution in [0.15, 0.2) is 54.3 Å². The van der Waals surface area contributed by atoms with E-state index in [2.05, 4.69) is 0 Å². The topological polar surface area (TPSA) is 44.5 Å². The number of rotatable bonds is 3. The first-order valence-corrected chi connectivity index (χ1v) is 8.86. The van der Waals surface area contributed by atoms with Gasteiger partial charge in [0.15, 0.2) is 0 Å². The van der Waals surface area contributed by atoms with Gasteiger partial charge in [0.05, 0.1) is 11.2 Å². The maximum atomic E-state index is 15.7. The molecule has 1 aliphatic heterocycles. The average Bonchev–Trinajstić information content (AvgIpc) is 2.80. The number of hydrogen-bond acceptors (Lipinski definition) is 3. The first-order chi connectivity index (χ1) is 12.1. The summed E-state index contributed by atoms with van der Waals surface area (Å²) in [6.07, 6.45) is 0. The minimum absolute atomic E-state index is 0.323. The van der Waals surface area contributed by atoms with Crippen molar-refractivity contribution < 1.29 is 13.7 Å². The molecule has 0 radical (unpaired) electrons. The first-order valence-electron chi connectivity index (χ1n) is 8.48. The monoisotopic (exact) mass is 373 g/mol. The van der Waals surface area contributed by atoms with E-state index in [4.69, 9.17) is 26.6 Å². The van der Waals surface area contributed by atoms with E-state index >= 15 is 4.39 Å². The molecular formula is C20H22BClFNO2. The minimum atomic E-state index is -1.12. The molecule has 0 spiro atoms. The number of nitrogen functional groups attached to an aromatic ring is 1. The van der Waals surface area contributed by atoms with E-state index in [1.165, 1.54) is 0 Å². The molecule has 136 valence electrons. The maximum Gasteiger partial charge on any atom is 0.525 e. The largest absolute Gasteiger partial charge is 0.525 e. The van der Waals surface area contributed by atoms with E-state index in [1.807, 2.05) is 58.0 Å². The van der Waals surface area contributed by atoms with E-state index in [1.54, 1.807) is 18.2 Å². The summed E-state index contributed by atoms with van der Waals surface area (Å²) >= 11 is 6.14. The predicted octanol–water partition coefficient (Wildman–Crippen LogP) is 5.28. The summed E-state index contributed by atoms with van der Waals surface area (Å²) in [6.45, 7) is 7.54. The van der Waals surface area contributed by atoms with E-state index in [0.29, 0.717) is 27.4 Å². The van der Waals surface area contributed by atoms with Crippen LogP contribution < -0.4 is 5.73 Å². The lowest BCUT2D eigenvalue weighted by Gasteiger charge is -2.32. The SMILES string of the molecule is CC1(C)OB(C(F)=C(c2ccccc2)c2cc(Cl)ccc2N)OC1(C)C. The van der Waals surface area contributed by atoms with Crippen molar-refractivity contribution >= 4 is 30.0 Å². The van der Waals surface area contributed by atoms with Gasteiger partial charge < -0.3 is 15.0 Å². The molecule has 1 aliphatic rings. The van der Waals surface area contributed by atoms with Crippen LogP contribution in [0.1, 0.15) is 38.8 Å². The third-order valence-electron chi connectivity index (χ3n) is 5.05. The summed E-state index contributed by atoms with van der Waals surface area (Å²) in [5.74, 6) is 0. The van der Waals surface area contributed by atoms with Crippen LogP contribution in [0.2, 0.25) is 5.02 Å².